The van der Waals surface area contributed by atoms with Crippen LogP contribution in [-0.4, -0.2) is 37.7 Å². The Bertz CT molecular complexity index is 991. The van der Waals surface area contributed by atoms with Gasteiger partial charge < -0.3 is 19.2 Å². The molecule has 2 N–H and O–H groups in total. The fraction of sp³-hybridized carbons (Fsp3) is 0.316. The molecule has 1 aliphatic carbocycles. The fourth-order valence-corrected chi connectivity index (χ4v) is 3.20. The van der Waals surface area contributed by atoms with Gasteiger partial charge in [-0.25, -0.2) is 9.97 Å². The van der Waals surface area contributed by atoms with Crippen LogP contribution in [-0.2, 0) is 6.54 Å². The van der Waals surface area contributed by atoms with Gasteiger partial charge in [0, 0.05) is 17.1 Å². The van der Waals surface area contributed by atoms with E-state index < -0.39 is 0 Å². The lowest BCUT2D eigenvalue weighted by Gasteiger charge is -2.07. The highest BCUT2D eigenvalue weighted by Crippen LogP contribution is 2.34. The van der Waals surface area contributed by atoms with E-state index in [0.29, 0.717) is 23.4 Å². The second kappa shape index (κ2) is 8.91. The summed E-state index contributed by atoms with van der Waals surface area (Å²) in [7, 11) is 0. The van der Waals surface area contributed by atoms with E-state index in [1.165, 1.54) is 31.4 Å². The molecule has 0 saturated heterocycles. The number of anilines is 1. The summed E-state index contributed by atoms with van der Waals surface area (Å²) in [6.45, 7) is 2.61. The number of pyridine rings is 1. The highest BCUT2D eigenvalue weighted by molar-refractivity contribution is 8.01. The molecule has 150 valence electrons. The summed E-state index contributed by atoms with van der Waals surface area (Å²) in [5.41, 5.74) is 2.11. The molecule has 0 unspecified atom stereocenters. The topological polar surface area (TPSA) is 115 Å². The average molecular weight is 412 g/mol. The first kappa shape index (κ1) is 19.2. The zero-order valence-electron chi connectivity index (χ0n) is 15.8. The van der Waals surface area contributed by atoms with Crippen LogP contribution in [0.1, 0.15) is 36.0 Å². The molecule has 1 saturated carbocycles. The van der Waals surface area contributed by atoms with Gasteiger partial charge in [0.1, 0.15) is 5.69 Å². The first-order chi connectivity index (χ1) is 14.2. The monoisotopic (exact) mass is 412 g/mol. The normalized spacial score (nSPS) is 13.1. The molecule has 3 heterocycles. The van der Waals surface area contributed by atoms with E-state index in [4.69, 9.17) is 9.15 Å². The Hall–Kier alpha value is -3.14. The highest BCUT2D eigenvalue weighted by Gasteiger charge is 2.22. The van der Waals surface area contributed by atoms with Crippen LogP contribution in [0, 0.1) is 0 Å². The summed E-state index contributed by atoms with van der Waals surface area (Å²) in [5.74, 6) is 0.270. The van der Waals surface area contributed by atoms with Gasteiger partial charge in [0.25, 0.3) is 5.91 Å². The summed E-state index contributed by atoms with van der Waals surface area (Å²) < 4.78 is 14.2. The lowest BCUT2D eigenvalue weighted by molar-refractivity contribution is 0.0923. The smallest absolute Gasteiger partial charge is 0.289 e. The minimum absolute atomic E-state index is 0.0854. The van der Waals surface area contributed by atoms with Gasteiger partial charge in [-0.2, -0.15) is 0 Å². The predicted octanol–water partition coefficient (Wildman–Crippen LogP) is 3.08. The Labute approximate surface area is 171 Å². The Kier molecular flexibility index (Phi) is 5.89. The number of rotatable bonds is 9. The van der Waals surface area contributed by atoms with Gasteiger partial charge >= 0.3 is 0 Å². The Morgan fingerprint density at radius 3 is 3.03 bits per heavy atom. The SMILES string of the molecule is CCOc1cncc(-c2ncc(C(=O)NCc3cc(NSC4CC4)ccn3)o2)n1. The van der Waals surface area contributed by atoms with Crippen LogP contribution in [0.4, 0.5) is 5.69 Å². The van der Waals surface area contributed by atoms with Gasteiger partial charge in [-0.05, 0) is 43.8 Å². The van der Waals surface area contributed by atoms with Crippen molar-refractivity contribution in [3.8, 4) is 17.5 Å². The standard InChI is InChI=1S/C19H20N6O3S/c1-2-27-17-11-20-9-15(24-17)19-23-10-16(28-19)18(26)22-8-13-7-12(5-6-21-13)25-29-14-3-4-14/h5-7,9-11,14H,2-4,8H2,1H3,(H,21,25)(H,22,26). The molecule has 3 aromatic rings. The van der Waals surface area contributed by atoms with Crippen LogP contribution in [0.15, 0.2) is 41.3 Å². The summed E-state index contributed by atoms with van der Waals surface area (Å²) >= 11 is 1.72. The van der Waals surface area contributed by atoms with Gasteiger partial charge in [-0.1, -0.05) is 0 Å². The molecule has 0 spiro atoms. The van der Waals surface area contributed by atoms with Gasteiger partial charge in [0.05, 0.1) is 37.4 Å². The molecule has 0 radical (unpaired) electrons. The maximum Gasteiger partial charge on any atom is 0.289 e. The van der Waals surface area contributed by atoms with Crippen molar-refractivity contribution in [2.45, 2.75) is 31.6 Å². The van der Waals surface area contributed by atoms with Crippen molar-refractivity contribution >= 4 is 23.5 Å². The Balaban J connectivity index is 1.35. The maximum atomic E-state index is 12.4. The molecule has 29 heavy (non-hydrogen) atoms. The summed E-state index contributed by atoms with van der Waals surface area (Å²) in [6, 6.07) is 3.82. The molecule has 0 aromatic carbocycles. The summed E-state index contributed by atoms with van der Waals surface area (Å²) in [6.07, 6.45) is 8.59. The van der Waals surface area contributed by atoms with E-state index in [9.17, 15) is 4.79 Å². The third kappa shape index (κ3) is 5.23. The zero-order valence-corrected chi connectivity index (χ0v) is 16.6. The van der Waals surface area contributed by atoms with Crippen LogP contribution < -0.4 is 14.8 Å². The Morgan fingerprint density at radius 2 is 2.21 bits per heavy atom. The average Bonchev–Trinajstić information content (AvgIpc) is 3.45. The van der Waals surface area contributed by atoms with E-state index >= 15 is 0 Å². The van der Waals surface area contributed by atoms with Gasteiger partial charge in [-0.15, -0.1) is 0 Å². The van der Waals surface area contributed by atoms with Crippen molar-refractivity contribution in [1.82, 2.24) is 25.3 Å². The van der Waals surface area contributed by atoms with Gasteiger partial charge in [-0.3, -0.25) is 14.8 Å². The lowest BCUT2D eigenvalue weighted by Crippen LogP contribution is -2.22. The molecular weight excluding hydrogens is 392 g/mol. The molecule has 3 aromatic heterocycles. The van der Waals surface area contributed by atoms with Crippen LogP contribution in [0.5, 0.6) is 5.88 Å². The van der Waals surface area contributed by atoms with Gasteiger partial charge in [0.2, 0.25) is 17.5 Å². The maximum absolute atomic E-state index is 12.4. The van der Waals surface area contributed by atoms with Crippen LogP contribution in [0.3, 0.4) is 0 Å². The molecule has 1 fully saturated rings. The molecule has 4 rings (SSSR count). The minimum atomic E-state index is -0.384. The third-order valence-electron chi connectivity index (χ3n) is 3.97. The number of hydrogen-bond acceptors (Lipinski definition) is 9. The minimum Gasteiger partial charge on any atom is -0.477 e. The molecule has 10 heteroatoms. The molecule has 0 aliphatic heterocycles. The number of hydrogen-bond donors (Lipinski definition) is 2. The third-order valence-corrected chi connectivity index (χ3v) is 5.13. The molecule has 0 atom stereocenters. The van der Waals surface area contributed by atoms with Crippen molar-refractivity contribution in [2.24, 2.45) is 0 Å². The number of carbonyl (C=O) groups excluding carboxylic acids is 1. The quantitative estimate of drug-likeness (QED) is 0.512. The van der Waals surface area contributed by atoms with Crippen LogP contribution in [0.2, 0.25) is 0 Å². The van der Waals surface area contributed by atoms with Crippen molar-refractivity contribution in [3.63, 3.8) is 0 Å². The fourth-order valence-electron chi connectivity index (χ4n) is 2.40. The Morgan fingerprint density at radius 1 is 1.31 bits per heavy atom. The van der Waals surface area contributed by atoms with E-state index in [2.05, 4.69) is 30.0 Å². The largest absolute Gasteiger partial charge is 0.477 e. The lowest BCUT2D eigenvalue weighted by atomic mass is 10.3. The second-order valence-corrected chi connectivity index (χ2v) is 7.45. The van der Waals surface area contributed by atoms with E-state index in [0.717, 1.165) is 11.4 Å². The second-order valence-electron chi connectivity index (χ2n) is 6.34. The van der Waals surface area contributed by atoms with Gasteiger partial charge in [0.15, 0.2) is 0 Å². The molecule has 0 bridgehead atoms. The van der Waals surface area contributed by atoms with Crippen molar-refractivity contribution in [2.75, 3.05) is 11.3 Å². The van der Waals surface area contributed by atoms with Crippen LogP contribution >= 0.6 is 11.9 Å². The first-order valence-corrected chi connectivity index (χ1v) is 10.1. The van der Waals surface area contributed by atoms with Crippen LogP contribution in [0.25, 0.3) is 11.6 Å². The predicted molar refractivity (Wildman–Crippen MR) is 108 cm³/mol. The molecular formula is C19H20N6O3S. The van der Waals surface area contributed by atoms with Crippen molar-refractivity contribution < 1.29 is 13.9 Å². The number of ether oxygens (including phenoxy) is 1. The highest BCUT2D eigenvalue weighted by atomic mass is 32.2. The number of amides is 1. The number of aromatic nitrogens is 4. The summed E-state index contributed by atoms with van der Waals surface area (Å²) in [5, 5.41) is 3.49. The number of oxazole rings is 1. The summed E-state index contributed by atoms with van der Waals surface area (Å²) in [4.78, 5) is 29.1. The number of nitrogens with zero attached hydrogens (tertiary/aromatic N) is 4. The van der Waals surface area contributed by atoms with Crippen molar-refractivity contribution in [3.05, 3.63) is 48.4 Å². The molecule has 1 aliphatic rings. The molecule has 9 nitrogen and oxygen atoms in total. The first-order valence-electron chi connectivity index (χ1n) is 9.27. The van der Waals surface area contributed by atoms with E-state index in [-0.39, 0.29) is 24.1 Å². The number of nitrogens with one attached hydrogen (secondary N) is 2. The van der Waals surface area contributed by atoms with E-state index in [1.807, 2.05) is 19.1 Å². The molecule has 1 amide bonds. The van der Waals surface area contributed by atoms with E-state index in [1.54, 1.807) is 18.1 Å². The zero-order chi connectivity index (χ0) is 20.1. The van der Waals surface area contributed by atoms with Crippen molar-refractivity contribution in [1.29, 1.82) is 0 Å². The number of carbonyl (C=O) groups is 1.